The van der Waals surface area contributed by atoms with E-state index < -0.39 is 36.4 Å². The molecule has 0 aliphatic carbocycles. The van der Waals surface area contributed by atoms with Crippen molar-refractivity contribution in [2.45, 2.75) is 50.8 Å². The van der Waals surface area contributed by atoms with Gasteiger partial charge in [-0.15, -0.1) is 0 Å². The van der Waals surface area contributed by atoms with Crippen molar-refractivity contribution in [3.8, 4) is 6.07 Å². The number of aliphatic hydroxyl groups excluding tert-OH is 2. The van der Waals surface area contributed by atoms with Gasteiger partial charge in [0, 0.05) is 43.7 Å². The van der Waals surface area contributed by atoms with E-state index in [1.807, 2.05) is 24.3 Å². The van der Waals surface area contributed by atoms with Crippen LogP contribution in [0.25, 0.3) is 16.8 Å². The van der Waals surface area contributed by atoms with Crippen molar-refractivity contribution in [3.05, 3.63) is 59.4 Å². The maximum atomic E-state index is 12.7. The van der Waals surface area contributed by atoms with Gasteiger partial charge in [0.25, 0.3) is 5.91 Å². The van der Waals surface area contributed by atoms with Gasteiger partial charge in [-0.3, -0.25) is 4.79 Å². The van der Waals surface area contributed by atoms with Crippen LogP contribution in [-0.4, -0.2) is 79.0 Å². The number of ether oxygens (including phenoxy) is 2. The first-order valence-corrected chi connectivity index (χ1v) is 13.9. The Balaban J connectivity index is 1.34. The topological polar surface area (TPSA) is 170 Å². The van der Waals surface area contributed by atoms with Gasteiger partial charge in [0.2, 0.25) is 0 Å². The summed E-state index contributed by atoms with van der Waals surface area (Å²) in [4.78, 5) is 15.1. The molecule has 2 aromatic rings. The molecule has 1 amide bonds. The highest BCUT2D eigenvalue weighted by Crippen LogP contribution is 2.27. The first-order valence-electron chi connectivity index (χ1n) is 13.9. The number of anilines is 1. The number of hydrogen-bond donors (Lipinski definition) is 5. The number of rotatable bonds is 9. The molecule has 7 N–H and O–H groups in total. The minimum absolute atomic E-state index is 0.0181. The molecule has 2 aliphatic heterocycles. The quantitative estimate of drug-likeness (QED) is 0.130. The van der Waals surface area contributed by atoms with Crippen LogP contribution in [-0.2, 0) is 14.3 Å². The number of fused-ring (bicyclic) bond motifs is 1. The summed E-state index contributed by atoms with van der Waals surface area (Å²) in [6.07, 6.45) is 2.94. The van der Waals surface area contributed by atoms with Crippen molar-refractivity contribution in [1.82, 2.24) is 10.3 Å². The summed E-state index contributed by atoms with van der Waals surface area (Å²) in [5, 5.41) is 36.2. The normalized spacial score (nSPS) is 25.6. The maximum absolute atomic E-state index is 12.7. The molecule has 0 radical (unpaired) electrons. The molecular formula is C30H40N6O5. The molecule has 2 aliphatic rings. The summed E-state index contributed by atoms with van der Waals surface area (Å²) in [6, 6.07) is 14.2. The number of nitrogens with two attached hydrogens (primary N) is 2. The Morgan fingerprint density at radius 1 is 1.20 bits per heavy atom. The van der Waals surface area contributed by atoms with Gasteiger partial charge < -0.3 is 40.6 Å². The molecule has 2 saturated heterocycles. The Labute approximate surface area is 240 Å². The highest BCUT2D eigenvalue weighted by molar-refractivity contribution is 6.02. The standard InChI is InChI=1S/C30H40N6O5/c1-19-27(37)28(38)26(41-30(19)40-2)18-36(33)17-24(32)16-34-29(39)23(15-31)13-20-6-7-22-14-25(9-8-21(22)12-20)35-10-4-3-5-11-35/h6-9,12-14,17,19,26-28,30,37-38H,3-5,10-11,16,18,32-33H2,1-2H3,(H,34,39)/b23-13+,24-17-. The Hall–Kier alpha value is -3.66. The van der Waals surface area contributed by atoms with Crippen LogP contribution in [0.15, 0.2) is 53.9 Å². The molecule has 11 nitrogen and oxygen atoms in total. The van der Waals surface area contributed by atoms with Crippen LogP contribution in [0, 0.1) is 17.2 Å². The molecule has 4 rings (SSSR count). The largest absolute Gasteiger partial charge is 0.399 e. The van der Waals surface area contributed by atoms with E-state index >= 15 is 0 Å². The van der Waals surface area contributed by atoms with E-state index in [0.717, 1.165) is 29.4 Å². The highest BCUT2D eigenvalue weighted by atomic mass is 16.7. The van der Waals surface area contributed by atoms with Gasteiger partial charge in [-0.2, -0.15) is 5.26 Å². The van der Waals surface area contributed by atoms with Crippen LogP contribution < -0.4 is 21.8 Å². The second-order valence-electron chi connectivity index (χ2n) is 10.7. The fourth-order valence-corrected chi connectivity index (χ4v) is 5.29. The number of nitrogens with one attached hydrogen (secondary N) is 1. The van der Waals surface area contributed by atoms with E-state index in [2.05, 4.69) is 28.4 Å². The minimum atomic E-state index is -1.16. The van der Waals surface area contributed by atoms with Gasteiger partial charge in [0.05, 0.1) is 19.2 Å². The number of carbonyl (C=O) groups excluding carboxylic acids is 1. The molecule has 0 bridgehead atoms. The molecule has 5 atom stereocenters. The van der Waals surface area contributed by atoms with Crippen LogP contribution in [0.5, 0.6) is 0 Å². The summed E-state index contributed by atoms with van der Waals surface area (Å²) >= 11 is 0. The third kappa shape index (κ3) is 7.55. The molecule has 0 spiro atoms. The maximum Gasteiger partial charge on any atom is 0.262 e. The van der Waals surface area contributed by atoms with Gasteiger partial charge in [0.15, 0.2) is 6.29 Å². The Kier molecular flexibility index (Phi) is 10.2. The molecule has 41 heavy (non-hydrogen) atoms. The van der Waals surface area contributed by atoms with Crippen LogP contribution in [0.2, 0.25) is 0 Å². The zero-order valence-corrected chi connectivity index (χ0v) is 23.6. The lowest BCUT2D eigenvalue weighted by Gasteiger charge is -2.41. The van der Waals surface area contributed by atoms with Gasteiger partial charge in [-0.25, -0.2) is 5.84 Å². The van der Waals surface area contributed by atoms with Crippen molar-refractivity contribution >= 4 is 28.4 Å². The fourth-order valence-electron chi connectivity index (χ4n) is 5.29. The van der Waals surface area contributed by atoms with E-state index in [1.165, 1.54) is 43.3 Å². The van der Waals surface area contributed by atoms with Crippen molar-refractivity contribution in [1.29, 1.82) is 5.26 Å². The molecule has 2 fully saturated rings. The van der Waals surface area contributed by atoms with Crippen molar-refractivity contribution < 1.29 is 24.5 Å². The van der Waals surface area contributed by atoms with E-state index in [4.69, 9.17) is 21.1 Å². The number of methoxy groups -OCH3 is 1. The average Bonchev–Trinajstić information content (AvgIpc) is 2.99. The van der Waals surface area contributed by atoms with E-state index in [-0.39, 0.29) is 24.4 Å². The SMILES string of the molecule is COC1OC(CN(N)/C=C(\N)CNC(=O)/C(C#N)=C/c2ccc3cc(N4CCCCC4)ccc3c2)C(O)C(O)C1C. The summed E-state index contributed by atoms with van der Waals surface area (Å²) in [5.74, 6) is 5.03. The van der Waals surface area contributed by atoms with Gasteiger partial charge >= 0.3 is 0 Å². The Morgan fingerprint density at radius 3 is 2.61 bits per heavy atom. The molecule has 2 aromatic carbocycles. The number of nitriles is 1. The van der Waals surface area contributed by atoms with E-state index in [0.29, 0.717) is 0 Å². The van der Waals surface area contributed by atoms with Crippen LogP contribution in [0.1, 0.15) is 31.7 Å². The summed E-state index contributed by atoms with van der Waals surface area (Å²) in [6.45, 7) is 3.83. The van der Waals surface area contributed by atoms with Gasteiger partial charge in [-0.05, 0) is 59.9 Å². The van der Waals surface area contributed by atoms with E-state index in [9.17, 15) is 20.3 Å². The zero-order valence-electron chi connectivity index (χ0n) is 23.6. The predicted molar refractivity (Wildman–Crippen MR) is 157 cm³/mol. The van der Waals surface area contributed by atoms with Crippen molar-refractivity contribution in [3.63, 3.8) is 0 Å². The zero-order chi connectivity index (χ0) is 29.5. The molecular weight excluding hydrogens is 524 g/mol. The fraction of sp³-hybridized carbons (Fsp3) is 0.467. The Morgan fingerprint density at radius 2 is 1.90 bits per heavy atom. The predicted octanol–water partition coefficient (Wildman–Crippen LogP) is 1.56. The smallest absolute Gasteiger partial charge is 0.262 e. The second kappa shape index (κ2) is 13.8. The molecule has 220 valence electrons. The lowest BCUT2D eigenvalue weighted by Crippen LogP contribution is -2.57. The molecule has 11 heteroatoms. The first-order chi connectivity index (χ1) is 19.7. The molecule has 5 unspecified atom stereocenters. The van der Waals surface area contributed by atoms with Gasteiger partial charge in [0.1, 0.15) is 23.9 Å². The summed E-state index contributed by atoms with van der Waals surface area (Å²) in [5.41, 5.74) is 8.15. The third-order valence-electron chi connectivity index (χ3n) is 7.66. The molecule has 0 aromatic heterocycles. The van der Waals surface area contributed by atoms with Crippen LogP contribution >= 0.6 is 0 Å². The lowest BCUT2D eigenvalue weighted by atomic mass is 9.92. The molecule has 2 heterocycles. The van der Waals surface area contributed by atoms with Crippen LogP contribution in [0.4, 0.5) is 5.69 Å². The lowest BCUT2D eigenvalue weighted by molar-refractivity contribution is -0.270. The second-order valence-corrected chi connectivity index (χ2v) is 10.7. The molecule has 0 saturated carbocycles. The monoisotopic (exact) mass is 564 g/mol. The van der Waals surface area contributed by atoms with Crippen LogP contribution in [0.3, 0.4) is 0 Å². The summed E-state index contributed by atoms with van der Waals surface area (Å²) in [7, 11) is 1.46. The number of carbonyl (C=O) groups is 1. The van der Waals surface area contributed by atoms with E-state index in [1.54, 1.807) is 13.0 Å². The first kappa shape index (κ1) is 30.3. The van der Waals surface area contributed by atoms with Crippen molar-refractivity contribution in [2.75, 3.05) is 38.2 Å². The number of hydrogen-bond acceptors (Lipinski definition) is 10. The number of hydrazine groups is 1. The number of aliphatic hydroxyl groups is 2. The minimum Gasteiger partial charge on any atom is -0.399 e. The number of benzene rings is 2. The van der Waals surface area contributed by atoms with Crippen molar-refractivity contribution in [2.24, 2.45) is 17.5 Å². The van der Waals surface area contributed by atoms with Gasteiger partial charge in [-0.1, -0.05) is 25.1 Å². The Bertz CT molecular complexity index is 1320. The number of piperidine rings is 1. The number of nitrogens with zero attached hydrogens (tertiary/aromatic N) is 3. The average molecular weight is 565 g/mol. The third-order valence-corrected chi connectivity index (χ3v) is 7.66. The number of amides is 1. The highest BCUT2D eigenvalue weighted by Gasteiger charge is 2.42. The summed E-state index contributed by atoms with van der Waals surface area (Å²) < 4.78 is 10.9.